The molecule has 0 aliphatic heterocycles. The maximum absolute atomic E-state index is 4.65. The predicted molar refractivity (Wildman–Crippen MR) is 100 cm³/mol. The third kappa shape index (κ3) is 4.29. The van der Waals surface area contributed by atoms with Crippen LogP contribution in [-0.2, 0) is 6.54 Å². The number of nitrogens with one attached hydrogen (secondary N) is 2. The first-order valence-corrected chi connectivity index (χ1v) is 8.95. The Hall–Kier alpha value is -2.47. The number of anilines is 2. The van der Waals surface area contributed by atoms with Gasteiger partial charge in [0.2, 0.25) is 5.95 Å². The number of thiophene rings is 1. The molecule has 0 bridgehead atoms. The molecule has 6 heteroatoms. The van der Waals surface area contributed by atoms with Gasteiger partial charge in [-0.3, -0.25) is 4.98 Å². The first-order chi connectivity index (χ1) is 11.7. The Bertz CT molecular complexity index is 758. The van der Waals surface area contributed by atoms with E-state index >= 15 is 0 Å². The summed E-state index contributed by atoms with van der Waals surface area (Å²) in [6, 6.07) is 10.4. The lowest BCUT2D eigenvalue weighted by Crippen LogP contribution is -2.16. The molecule has 24 heavy (non-hydrogen) atoms. The van der Waals surface area contributed by atoms with Crippen molar-refractivity contribution in [2.75, 3.05) is 10.6 Å². The molecule has 0 amide bonds. The average Bonchev–Trinajstić information content (AvgIpc) is 3.14. The van der Waals surface area contributed by atoms with Crippen LogP contribution in [0.5, 0.6) is 0 Å². The highest BCUT2D eigenvalue weighted by Gasteiger charge is 2.09. The van der Waals surface area contributed by atoms with E-state index in [1.54, 1.807) is 23.7 Å². The SMILES string of the molecule is CC[C@@H](C)Nc1nc(NCc2cccs2)cc(-c2ccncc2)n1. The van der Waals surface area contributed by atoms with Gasteiger partial charge in [-0.2, -0.15) is 4.98 Å². The molecule has 3 aromatic rings. The summed E-state index contributed by atoms with van der Waals surface area (Å²) in [5, 5.41) is 8.83. The van der Waals surface area contributed by atoms with Crippen LogP contribution in [0, 0.1) is 0 Å². The van der Waals surface area contributed by atoms with Gasteiger partial charge in [-0.25, -0.2) is 4.98 Å². The van der Waals surface area contributed by atoms with Gasteiger partial charge < -0.3 is 10.6 Å². The first-order valence-electron chi connectivity index (χ1n) is 8.07. The van der Waals surface area contributed by atoms with Crippen LogP contribution < -0.4 is 10.6 Å². The van der Waals surface area contributed by atoms with Crippen molar-refractivity contribution in [3.63, 3.8) is 0 Å². The van der Waals surface area contributed by atoms with Crippen LogP contribution in [-0.4, -0.2) is 21.0 Å². The van der Waals surface area contributed by atoms with Crippen molar-refractivity contribution in [2.24, 2.45) is 0 Å². The molecule has 0 unspecified atom stereocenters. The third-order valence-electron chi connectivity index (χ3n) is 3.71. The fourth-order valence-corrected chi connectivity index (χ4v) is 2.83. The summed E-state index contributed by atoms with van der Waals surface area (Å²) in [5.74, 6) is 1.46. The minimum absolute atomic E-state index is 0.322. The fourth-order valence-electron chi connectivity index (χ4n) is 2.19. The largest absolute Gasteiger partial charge is 0.365 e. The molecule has 1 atom stereocenters. The van der Waals surface area contributed by atoms with Crippen molar-refractivity contribution in [1.82, 2.24) is 15.0 Å². The summed E-state index contributed by atoms with van der Waals surface area (Å²) in [6.45, 7) is 5.02. The smallest absolute Gasteiger partial charge is 0.225 e. The molecule has 3 heterocycles. The molecule has 3 rings (SSSR count). The number of hydrogen-bond acceptors (Lipinski definition) is 6. The van der Waals surface area contributed by atoms with Crippen molar-refractivity contribution in [1.29, 1.82) is 0 Å². The van der Waals surface area contributed by atoms with Crippen molar-refractivity contribution in [2.45, 2.75) is 32.9 Å². The monoisotopic (exact) mass is 339 g/mol. The topological polar surface area (TPSA) is 62.7 Å². The lowest BCUT2D eigenvalue weighted by molar-refractivity contribution is 0.753. The van der Waals surface area contributed by atoms with Gasteiger partial charge >= 0.3 is 0 Å². The summed E-state index contributed by atoms with van der Waals surface area (Å²) in [5.41, 5.74) is 1.91. The summed E-state index contributed by atoms with van der Waals surface area (Å²) >= 11 is 1.73. The summed E-state index contributed by atoms with van der Waals surface area (Å²) < 4.78 is 0. The zero-order chi connectivity index (χ0) is 16.8. The van der Waals surface area contributed by atoms with E-state index in [-0.39, 0.29) is 0 Å². The molecule has 5 nitrogen and oxygen atoms in total. The van der Waals surface area contributed by atoms with Gasteiger partial charge in [0.25, 0.3) is 0 Å². The lowest BCUT2D eigenvalue weighted by Gasteiger charge is -2.14. The fraction of sp³-hybridized carbons (Fsp3) is 0.278. The van der Waals surface area contributed by atoms with Crippen molar-refractivity contribution >= 4 is 23.1 Å². The van der Waals surface area contributed by atoms with Gasteiger partial charge in [0.15, 0.2) is 0 Å². The van der Waals surface area contributed by atoms with Crippen LogP contribution in [0.1, 0.15) is 25.1 Å². The Morgan fingerprint density at radius 1 is 1.17 bits per heavy atom. The van der Waals surface area contributed by atoms with Crippen LogP contribution in [0.15, 0.2) is 48.1 Å². The van der Waals surface area contributed by atoms with Crippen molar-refractivity contribution in [3.05, 3.63) is 53.0 Å². The Kier molecular flexibility index (Phi) is 5.38. The molecule has 0 saturated heterocycles. The average molecular weight is 339 g/mol. The molecule has 0 aliphatic carbocycles. The maximum Gasteiger partial charge on any atom is 0.225 e. The van der Waals surface area contributed by atoms with Gasteiger partial charge in [0, 0.05) is 34.9 Å². The van der Waals surface area contributed by atoms with E-state index in [0.717, 1.165) is 30.0 Å². The van der Waals surface area contributed by atoms with Gasteiger partial charge in [0.05, 0.1) is 12.2 Å². The second-order valence-corrected chi connectivity index (χ2v) is 6.62. The van der Waals surface area contributed by atoms with Crippen LogP contribution in [0.25, 0.3) is 11.3 Å². The molecular weight excluding hydrogens is 318 g/mol. The molecule has 0 radical (unpaired) electrons. The molecule has 2 N–H and O–H groups in total. The molecule has 0 aromatic carbocycles. The van der Waals surface area contributed by atoms with E-state index in [1.165, 1.54) is 4.88 Å². The minimum Gasteiger partial charge on any atom is -0.365 e. The highest BCUT2D eigenvalue weighted by molar-refractivity contribution is 7.09. The molecule has 124 valence electrons. The normalized spacial score (nSPS) is 11.9. The Labute approximate surface area is 146 Å². The lowest BCUT2D eigenvalue weighted by atomic mass is 10.2. The van der Waals surface area contributed by atoms with E-state index in [4.69, 9.17) is 0 Å². The van der Waals surface area contributed by atoms with Gasteiger partial charge in [-0.05, 0) is 36.9 Å². The van der Waals surface area contributed by atoms with E-state index < -0.39 is 0 Å². The zero-order valence-corrected chi connectivity index (χ0v) is 14.7. The second-order valence-electron chi connectivity index (χ2n) is 5.58. The third-order valence-corrected chi connectivity index (χ3v) is 4.59. The predicted octanol–water partition coefficient (Wildman–Crippen LogP) is 4.42. The van der Waals surface area contributed by atoms with Crippen LogP contribution >= 0.6 is 11.3 Å². The molecule has 3 aromatic heterocycles. The molecule has 0 fully saturated rings. The van der Waals surface area contributed by atoms with Gasteiger partial charge in [-0.15, -0.1) is 11.3 Å². The van der Waals surface area contributed by atoms with Crippen molar-refractivity contribution in [3.8, 4) is 11.3 Å². The highest BCUT2D eigenvalue weighted by Crippen LogP contribution is 2.22. The number of aromatic nitrogens is 3. The second kappa shape index (κ2) is 7.88. The standard InChI is InChI=1S/C18H21N5S/c1-3-13(2)21-18-22-16(14-6-8-19-9-7-14)11-17(23-18)20-12-15-5-4-10-24-15/h4-11,13H,3,12H2,1-2H3,(H2,20,21,22,23)/t13-/m1/s1. The van der Waals surface area contributed by atoms with Gasteiger partial charge in [0.1, 0.15) is 5.82 Å². The summed E-state index contributed by atoms with van der Waals surface area (Å²) in [6.07, 6.45) is 4.57. The van der Waals surface area contributed by atoms with Crippen molar-refractivity contribution < 1.29 is 0 Å². The molecule has 0 saturated carbocycles. The van der Waals surface area contributed by atoms with E-state index in [1.807, 2.05) is 18.2 Å². The quantitative estimate of drug-likeness (QED) is 0.667. The van der Waals surface area contributed by atoms with E-state index in [9.17, 15) is 0 Å². The maximum atomic E-state index is 4.65. The first kappa shape index (κ1) is 16.4. The Morgan fingerprint density at radius 2 is 2.00 bits per heavy atom. The summed E-state index contributed by atoms with van der Waals surface area (Å²) in [7, 11) is 0. The Balaban J connectivity index is 1.87. The number of hydrogen-bond donors (Lipinski definition) is 2. The number of pyridine rings is 1. The Morgan fingerprint density at radius 3 is 2.71 bits per heavy atom. The summed E-state index contributed by atoms with van der Waals surface area (Å²) in [4.78, 5) is 14.6. The minimum atomic E-state index is 0.322. The molecule has 0 spiro atoms. The van der Waals surface area contributed by atoms with Crippen LogP contribution in [0.3, 0.4) is 0 Å². The number of nitrogens with zero attached hydrogens (tertiary/aromatic N) is 3. The molecular formula is C18H21N5S. The zero-order valence-electron chi connectivity index (χ0n) is 13.9. The van der Waals surface area contributed by atoms with Gasteiger partial charge in [-0.1, -0.05) is 13.0 Å². The van der Waals surface area contributed by atoms with Crippen LogP contribution in [0.4, 0.5) is 11.8 Å². The van der Waals surface area contributed by atoms with E-state index in [0.29, 0.717) is 12.0 Å². The number of rotatable bonds is 7. The molecule has 0 aliphatic rings. The van der Waals surface area contributed by atoms with E-state index in [2.05, 4.69) is 56.9 Å². The highest BCUT2D eigenvalue weighted by atomic mass is 32.1. The van der Waals surface area contributed by atoms with Crippen LogP contribution in [0.2, 0.25) is 0 Å².